The molecule has 0 unspecified atom stereocenters. The summed E-state index contributed by atoms with van der Waals surface area (Å²) in [7, 11) is 0. The van der Waals surface area contributed by atoms with Crippen LogP contribution in [-0.2, 0) is 5.41 Å². The molecule has 1 aliphatic carbocycles. The van der Waals surface area contributed by atoms with E-state index in [1.54, 1.807) is 0 Å². The van der Waals surface area contributed by atoms with Crippen LogP contribution in [0.2, 0.25) is 0 Å². The zero-order chi connectivity index (χ0) is 33.8. The van der Waals surface area contributed by atoms with Crippen molar-refractivity contribution in [1.29, 1.82) is 0 Å². The molecule has 240 valence electrons. The van der Waals surface area contributed by atoms with Crippen LogP contribution in [-0.4, -0.2) is 9.97 Å². The molecule has 1 aliphatic rings. The maximum atomic E-state index is 6.58. The van der Waals surface area contributed by atoms with E-state index in [0.29, 0.717) is 0 Å². The summed E-state index contributed by atoms with van der Waals surface area (Å²) in [5.74, 6) is 0. The number of nitrogens with zero attached hydrogens (tertiary/aromatic N) is 2. The molecule has 51 heavy (non-hydrogen) atoms. The second-order valence-electron chi connectivity index (χ2n) is 14.2. The van der Waals surface area contributed by atoms with Gasteiger partial charge in [0, 0.05) is 44.9 Å². The highest BCUT2D eigenvalue weighted by Gasteiger charge is 2.36. The summed E-state index contributed by atoms with van der Waals surface area (Å²) in [4.78, 5) is 9.59. The lowest BCUT2D eigenvalue weighted by atomic mass is 9.81. The van der Waals surface area contributed by atoms with E-state index in [9.17, 15) is 0 Å². The standard InChI is InChI=1S/C47H30N2O2/c1-47(2)38-25-30(15-17-32(38)33-18-16-31(26-39(33)47)28-21-23-48-24-22-28)27-11-13-29(14-12-27)43-42-36-8-4-6-10-41(36)50-45(42)37-20-19-35-34-7-3-5-9-40(34)51-46(35)44(37)49-43/h3-26H,1-2H3. The number of hydrogen-bond donors (Lipinski definition) is 0. The summed E-state index contributed by atoms with van der Waals surface area (Å²) in [6, 6.07) is 47.4. The molecule has 0 N–H and O–H groups in total. The molecule has 0 saturated carbocycles. The Kier molecular flexibility index (Phi) is 5.70. The summed E-state index contributed by atoms with van der Waals surface area (Å²) < 4.78 is 13.0. The summed E-state index contributed by atoms with van der Waals surface area (Å²) in [6.07, 6.45) is 3.71. The van der Waals surface area contributed by atoms with Crippen molar-refractivity contribution >= 4 is 54.8 Å². The zero-order valence-electron chi connectivity index (χ0n) is 28.1. The van der Waals surface area contributed by atoms with Crippen LogP contribution in [0.1, 0.15) is 25.0 Å². The number of benzene rings is 6. The van der Waals surface area contributed by atoms with E-state index < -0.39 is 0 Å². The number of para-hydroxylation sites is 2. The molecule has 0 bridgehead atoms. The first-order valence-electron chi connectivity index (χ1n) is 17.4. The number of aromatic nitrogens is 2. The molecule has 0 radical (unpaired) electrons. The average molecular weight is 655 g/mol. The van der Waals surface area contributed by atoms with Gasteiger partial charge in [-0.25, -0.2) is 4.98 Å². The Labute approximate surface area is 293 Å². The van der Waals surface area contributed by atoms with Crippen LogP contribution in [0, 0.1) is 0 Å². The van der Waals surface area contributed by atoms with Gasteiger partial charge in [-0.05, 0) is 93.0 Å². The van der Waals surface area contributed by atoms with Crippen LogP contribution in [0.5, 0.6) is 0 Å². The Morgan fingerprint density at radius 1 is 0.471 bits per heavy atom. The zero-order valence-corrected chi connectivity index (χ0v) is 28.1. The number of fused-ring (bicyclic) bond motifs is 12. The lowest BCUT2D eigenvalue weighted by Gasteiger charge is -2.22. The molecule has 4 heteroatoms. The Balaban J connectivity index is 1.04. The smallest absolute Gasteiger partial charge is 0.161 e. The molecule has 4 aromatic heterocycles. The summed E-state index contributed by atoms with van der Waals surface area (Å²) in [5.41, 5.74) is 16.0. The van der Waals surface area contributed by atoms with Crippen molar-refractivity contribution in [3.8, 4) is 44.6 Å². The third-order valence-corrected chi connectivity index (χ3v) is 11.0. The Morgan fingerprint density at radius 2 is 1.02 bits per heavy atom. The van der Waals surface area contributed by atoms with Gasteiger partial charge in [0.05, 0.1) is 11.1 Å². The van der Waals surface area contributed by atoms with E-state index in [2.05, 4.69) is 122 Å². The maximum absolute atomic E-state index is 6.58. The van der Waals surface area contributed by atoms with E-state index >= 15 is 0 Å². The van der Waals surface area contributed by atoms with E-state index in [1.165, 1.54) is 44.5 Å². The van der Waals surface area contributed by atoms with Crippen LogP contribution in [0.4, 0.5) is 0 Å². The third-order valence-electron chi connectivity index (χ3n) is 11.0. The lowest BCUT2D eigenvalue weighted by Crippen LogP contribution is -2.15. The molecule has 0 aliphatic heterocycles. The maximum Gasteiger partial charge on any atom is 0.161 e. The van der Waals surface area contributed by atoms with E-state index in [0.717, 1.165) is 66.0 Å². The van der Waals surface area contributed by atoms with Crippen LogP contribution in [0.3, 0.4) is 0 Å². The Bertz CT molecular complexity index is 3040. The summed E-state index contributed by atoms with van der Waals surface area (Å²) in [6.45, 7) is 4.68. The van der Waals surface area contributed by atoms with Gasteiger partial charge in [-0.15, -0.1) is 0 Å². The highest BCUT2D eigenvalue weighted by Crippen LogP contribution is 2.51. The van der Waals surface area contributed by atoms with Crippen molar-refractivity contribution in [1.82, 2.24) is 9.97 Å². The predicted molar refractivity (Wildman–Crippen MR) is 208 cm³/mol. The fourth-order valence-corrected chi connectivity index (χ4v) is 8.38. The van der Waals surface area contributed by atoms with Gasteiger partial charge in [0.2, 0.25) is 0 Å². The van der Waals surface area contributed by atoms with Gasteiger partial charge in [-0.2, -0.15) is 0 Å². The molecule has 10 aromatic rings. The molecular weight excluding hydrogens is 625 g/mol. The summed E-state index contributed by atoms with van der Waals surface area (Å²) in [5, 5.41) is 5.16. The van der Waals surface area contributed by atoms with Crippen LogP contribution in [0.15, 0.2) is 155 Å². The number of pyridine rings is 2. The van der Waals surface area contributed by atoms with Gasteiger partial charge in [0.15, 0.2) is 5.58 Å². The molecule has 11 rings (SSSR count). The molecule has 0 saturated heterocycles. The van der Waals surface area contributed by atoms with Crippen molar-refractivity contribution in [3.05, 3.63) is 157 Å². The van der Waals surface area contributed by atoms with Crippen molar-refractivity contribution in [2.24, 2.45) is 0 Å². The quantitative estimate of drug-likeness (QED) is 0.190. The van der Waals surface area contributed by atoms with Crippen molar-refractivity contribution < 1.29 is 8.83 Å². The van der Waals surface area contributed by atoms with Gasteiger partial charge in [0.25, 0.3) is 0 Å². The normalized spacial score (nSPS) is 13.5. The minimum absolute atomic E-state index is 0.130. The highest BCUT2D eigenvalue weighted by atomic mass is 16.3. The molecule has 0 atom stereocenters. The first-order valence-corrected chi connectivity index (χ1v) is 17.4. The average Bonchev–Trinajstić information content (AvgIpc) is 3.83. The molecule has 0 amide bonds. The molecule has 6 aromatic carbocycles. The monoisotopic (exact) mass is 654 g/mol. The largest absolute Gasteiger partial charge is 0.455 e. The van der Waals surface area contributed by atoms with Gasteiger partial charge in [-0.1, -0.05) is 98.8 Å². The van der Waals surface area contributed by atoms with Crippen LogP contribution >= 0.6 is 0 Å². The predicted octanol–water partition coefficient (Wildman–Crippen LogP) is 12.7. The molecule has 4 heterocycles. The second kappa shape index (κ2) is 10.3. The van der Waals surface area contributed by atoms with Crippen LogP contribution < -0.4 is 0 Å². The molecular formula is C47H30N2O2. The lowest BCUT2D eigenvalue weighted by molar-refractivity contribution is 0.661. The van der Waals surface area contributed by atoms with E-state index in [1.807, 2.05) is 42.7 Å². The summed E-state index contributed by atoms with van der Waals surface area (Å²) >= 11 is 0. The fourth-order valence-electron chi connectivity index (χ4n) is 8.38. The fraction of sp³-hybridized carbons (Fsp3) is 0.0638. The van der Waals surface area contributed by atoms with Crippen molar-refractivity contribution in [2.75, 3.05) is 0 Å². The molecule has 0 fully saturated rings. The van der Waals surface area contributed by atoms with Gasteiger partial charge >= 0.3 is 0 Å². The number of rotatable bonds is 3. The number of hydrogen-bond acceptors (Lipinski definition) is 4. The number of furan rings is 2. The second-order valence-corrected chi connectivity index (χ2v) is 14.2. The van der Waals surface area contributed by atoms with E-state index in [-0.39, 0.29) is 5.41 Å². The Hall–Kier alpha value is -6.52. The van der Waals surface area contributed by atoms with Crippen molar-refractivity contribution in [2.45, 2.75) is 19.3 Å². The van der Waals surface area contributed by atoms with Gasteiger partial charge in [-0.3, -0.25) is 4.98 Å². The molecule has 4 nitrogen and oxygen atoms in total. The first-order chi connectivity index (χ1) is 25.0. The Morgan fingerprint density at radius 3 is 1.73 bits per heavy atom. The molecule has 0 spiro atoms. The van der Waals surface area contributed by atoms with Crippen molar-refractivity contribution in [3.63, 3.8) is 0 Å². The van der Waals surface area contributed by atoms with E-state index in [4.69, 9.17) is 13.8 Å². The highest BCUT2D eigenvalue weighted by molar-refractivity contribution is 6.24. The first kappa shape index (κ1) is 28.3. The van der Waals surface area contributed by atoms with Gasteiger partial charge in [0.1, 0.15) is 22.3 Å². The minimum atomic E-state index is -0.130. The van der Waals surface area contributed by atoms with Gasteiger partial charge < -0.3 is 8.83 Å². The SMILES string of the molecule is CC1(C)c2cc(-c3ccncc3)ccc2-c2ccc(-c3ccc(-c4nc5c(ccc6c7ccccc7oc65)c5oc6ccccc6c45)cc3)cc21. The minimum Gasteiger partial charge on any atom is -0.455 e. The topological polar surface area (TPSA) is 52.1 Å². The van der Waals surface area contributed by atoms with Crippen LogP contribution in [0.25, 0.3) is 99.4 Å². The third kappa shape index (κ3) is 4.02.